The van der Waals surface area contributed by atoms with Gasteiger partial charge in [-0.3, -0.25) is 0 Å². The first-order chi connectivity index (χ1) is 8.86. The number of allylic oxidation sites excluding steroid dienone is 2. The Morgan fingerprint density at radius 1 is 0.944 bits per heavy atom. The highest BCUT2D eigenvalue weighted by molar-refractivity contribution is 5.78. The lowest BCUT2D eigenvalue weighted by atomic mass is 9.85. The first-order valence-electron chi connectivity index (χ1n) is 7.43. The second kappa shape index (κ2) is 5.17. The first kappa shape index (κ1) is 11.8. The van der Waals surface area contributed by atoms with Gasteiger partial charge in [0.25, 0.3) is 0 Å². The largest absolute Gasteiger partial charge is 0.398 e. The fraction of sp³-hybridized carbons (Fsp3) is 0.529. The standard InChI is InChI=1S/C17H23N/c18-16-12-6-5-11-15(16)17(13-7-1-2-8-13)14-9-3-4-10-14/h5-6,11-13H,1-4,7-10,18H2. The molecule has 0 spiro atoms. The number of benzene rings is 1. The number of rotatable bonds is 2. The van der Waals surface area contributed by atoms with Crippen LogP contribution in [-0.4, -0.2) is 0 Å². The minimum absolute atomic E-state index is 0.780. The van der Waals surface area contributed by atoms with Gasteiger partial charge in [-0.1, -0.05) is 36.6 Å². The number of anilines is 1. The van der Waals surface area contributed by atoms with Gasteiger partial charge in [0.2, 0.25) is 0 Å². The summed E-state index contributed by atoms with van der Waals surface area (Å²) >= 11 is 0. The van der Waals surface area contributed by atoms with Gasteiger partial charge in [0, 0.05) is 11.3 Å². The molecular formula is C17H23N. The van der Waals surface area contributed by atoms with E-state index in [0.717, 1.165) is 11.6 Å². The summed E-state index contributed by atoms with van der Waals surface area (Å²) in [5.74, 6) is 0.780. The van der Waals surface area contributed by atoms with Gasteiger partial charge in [0.15, 0.2) is 0 Å². The van der Waals surface area contributed by atoms with Crippen LogP contribution in [0.4, 0.5) is 5.69 Å². The Hall–Kier alpha value is -1.24. The smallest absolute Gasteiger partial charge is 0.0390 e. The third-order valence-electron chi connectivity index (χ3n) is 4.60. The van der Waals surface area contributed by atoms with E-state index in [0.29, 0.717) is 0 Å². The van der Waals surface area contributed by atoms with Crippen LogP contribution in [0, 0.1) is 5.92 Å². The molecule has 0 heterocycles. The Kier molecular flexibility index (Phi) is 3.40. The van der Waals surface area contributed by atoms with Gasteiger partial charge in [-0.05, 0) is 56.1 Å². The molecule has 0 unspecified atom stereocenters. The van der Waals surface area contributed by atoms with Gasteiger partial charge >= 0.3 is 0 Å². The molecule has 2 N–H and O–H groups in total. The van der Waals surface area contributed by atoms with Gasteiger partial charge in [0.05, 0.1) is 0 Å². The van der Waals surface area contributed by atoms with Crippen LogP contribution in [0.15, 0.2) is 29.8 Å². The summed E-state index contributed by atoms with van der Waals surface area (Å²) in [6, 6.07) is 8.47. The maximum Gasteiger partial charge on any atom is 0.0390 e. The summed E-state index contributed by atoms with van der Waals surface area (Å²) < 4.78 is 0. The van der Waals surface area contributed by atoms with Crippen LogP contribution in [0.5, 0.6) is 0 Å². The Labute approximate surface area is 110 Å². The van der Waals surface area contributed by atoms with Crippen LogP contribution in [0.3, 0.4) is 0 Å². The van der Waals surface area contributed by atoms with E-state index in [2.05, 4.69) is 18.2 Å². The van der Waals surface area contributed by atoms with Crippen molar-refractivity contribution in [2.45, 2.75) is 51.4 Å². The molecule has 2 aliphatic carbocycles. The van der Waals surface area contributed by atoms with Crippen LogP contribution in [0.1, 0.15) is 56.9 Å². The average molecular weight is 241 g/mol. The van der Waals surface area contributed by atoms with Crippen LogP contribution in [-0.2, 0) is 0 Å². The van der Waals surface area contributed by atoms with Crippen molar-refractivity contribution in [3.8, 4) is 0 Å². The van der Waals surface area contributed by atoms with E-state index in [-0.39, 0.29) is 0 Å². The quantitative estimate of drug-likeness (QED) is 0.740. The first-order valence-corrected chi connectivity index (χ1v) is 7.43. The van der Waals surface area contributed by atoms with Crippen LogP contribution >= 0.6 is 0 Å². The van der Waals surface area contributed by atoms with Crippen molar-refractivity contribution in [1.29, 1.82) is 0 Å². The van der Waals surface area contributed by atoms with Crippen molar-refractivity contribution < 1.29 is 0 Å². The summed E-state index contributed by atoms with van der Waals surface area (Å²) in [4.78, 5) is 0. The van der Waals surface area contributed by atoms with E-state index in [4.69, 9.17) is 5.73 Å². The fourth-order valence-electron chi connectivity index (χ4n) is 3.73. The second-order valence-corrected chi connectivity index (χ2v) is 5.79. The molecule has 0 aromatic heterocycles. The SMILES string of the molecule is Nc1ccccc1C(=C1CCCC1)C1CCCC1. The van der Waals surface area contributed by atoms with Crippen LogP contribution in [0.2, 0.25) is 0 Å². The Morgan fingerprint density at radius 3 is 2.28 bits per heavy atom. The third kappa shape index (κ3) is 2.19. The molecule has 0 bridgehead atoms. The zero-order valence-corrected chi connectivity index (χ0v) is 11.1. The second-order valence-electron chi connectivity index (χ2n) is 5.79. The number of hydrogen-bond acceptors (Lipinski definition) is 1. The van der Waals surface area contributed by atoms with Gasteiger partial charge in [-0.15, -0.1) is 0 Å². The van der Waals surface area contributed by atoms with E-state index >= 15 is 0 Å². The normalized spacial score (nSPS) is 20.6. The van der Waals surface area contributed by atoms with Crippen molar-refractivity contribution >= 4 is 11.3 Å². The fourth-order valence-corrected chi connectivity index (χ4v) is 3.73. The van der Waals surface area contributed by atoms with E-state index < -0.39 is 0 Å². The molecule has 2 fully saturated rings. The maximum atomic E-state index is 6.22. The molecule has 2 aliphatic rings. The van der Waals surface area contributed by atoms with Gasteiger partial charge < -0.3 is 5.73 Å². The Bertz CT molecular complexity index is 444. The average Bonchev–Trinajstić information content (AvgIpc) is 3.05. The number of para-hydroxylation sites is 1. The highest BCUT2D eigenvalue weighted by atomic mass is 14.6. The predicted molar refractivity (Wildman–Crippen MR) is 78.2 cm³/mol. The molecule has 0 aliphatic heterocycles. The molecule has 0 saturated heterocycles. The lowest BCUT2D eigenvalue weighted by Gasteiger charge is -2.20. The molecule has 3 rings (SSSR count). The highest BCUT2D eigenvalue weighted by Gasteiger charge is 2.25. The zero-order chi connectivity index (χ0) is 12.4. The molecular weight excluding hydrogens is 218 g/mol. The van der Waals surface area contributed by atoms with Crippen LogP contribution < -0.4 is 5.73 Å². The summed E-state index contributed by atoms with van der Waals surface area (Å²) in [6.07, 6.45) is 10.9. The minimum atomic E-state index is 0.780. The summed E-state index contributed by atoms with van der Waals surface area (Å²) in [5.41, 5.74) is 11.9. The van der Waals surface area contributed by atoms with Crippen molar-refractivity contribution in [2.24, 2.45) is 5.92 Å². The van der Waals surface area contributed by atoms with Crippen molar-refractivity contribution in [3.05, 3.63) is 35.4 Å². The van der Waals surface area contributed by atoms with Gasteiger partial charge in [0.1, 0.15) is 0 Å². The maximum absolute atomic E-state index is 6.22. The monoisotopic (exact) mass is 241 g/mol. The van der Waals surface area contributed by atoms with Crippen molar-refractivity contribution in [1.82, 2.24) is 0 Å². The number of nitrogen functional groups attached to an aromatic ring is 1. The molecule has 1 heteroatoms. The molecule has 96 valence electrons. The topological polar surface area (TPSA) is 26.0 Å². The van der Waals surface area contributed by atoms with Gasteiger partial charge in [-0.25, -0.2) is 0 Å². The highest BCUT2D eigenvalue weighted by Crippen LogP contribution is 2.44. The molecule has 18 heavy (non-hydrogen) atoms. The van der Waals surface area contributed by atoms with E-state index in [9.17, 15) is 0 Å². The summed E-state index contributed by atoms with van der Waals surface area (Å²) in [7, 11) is 0. The van der Waals surface area contributed by atoms with E-state index in [1.807, 2.05) is 6.07 Å². The molecule has 2 saturated carbocycles. The van der Waals surface area contributed by atoms with E-state index in [1.165, 1.54) is 56.9 Å². The Morgan fingerprint density at radius 2 is 1.61 bits per heavy atom. The van der Waals surface area contributed by atoms with Crippen molar-refractivity contribution in [2.75, 3.05) is 5.73 Å². The molecule has 1 aromatic rings. The summed E-state index contributed by atoms with van der Waals surface area (Å²) in [5, 5.41) is 0. The molecule has 1 nitrogen and oxygen atoms in total. The zero-order valence-electron chi connectivity index (χ0n) is 11.1. The number of nitrogens with two attached hydrogens (primary N) is 1. The third-order valence-corrected chi connectivity index (χ3v) is 4.60. The lowest BCUT2D eigenvalue weighted by Crippen LogP contribution is -2.04. The molecule has 0 amide bonds. The predicted octanol–water partition coefficient (Wildman–Crippen LogP) is 4.79. The van der Waals surface area contributed by atoms with Crippen LogP contribution in [0.25, 0.3) is 5.57 Å². The summed E-state index contributed by atoms with van der Waals surface area (Å²) in [6.45, 7) is 0. The van der Waals surface area contributed by atoms with Gasteiger partial charge in [-0.2, -0.15) is 0 Å². The van der Waals surface area contributed by atoms with E-state index in [1.54, 1.807) is 11.1 Å². The number of hydrogen-bond donors (Lipinski definition) is 1. The minimum Gasteiger partial charge on any atom is -0.398 e. The molecule has 0 atom stereocenters. The molecule has 0 radical (unpaired) electrons. The van der Waals surface area contributed by atoms with Crippen molar-refractivity contribution in [3.63, 3.8) is 0 Å². The molecule has 1 aromatic carbocycles. The Balaban J connectivity index is 2.04. The lowest BCUT2D eigenvalue weighted by molar-refractivity contribution is 0.699.